The Morgan fingerprint density at radius 1 is 1.00 bits per heavy atom. The predicted octanol–water partition coefficient (Wildman–Crippen LogP) is 3.55. The highest BCUT2D eigenvalue weighted by atomic mass is 16.5. The van der Waals surface area contributed by atoms with Crippen LogP contribution >= 0.6 is 0 Å². The van der Waals surface area contributed by atoms with E-state index in [9.17, 15) is 14.4 Å². The van der Waals surface area contributed by atoms with E-state index in [0.717, 1.165) is 46.7 Å². The van der Waals surface area contributed by atoms with Crippen molar-refractivity contribution in [3.63, 3.8) is 0 Å². The Bertz CT molecular complexity index is 1430. The van der Waals surface area contributed by atoms with Crippen molar-refractivity contribution in [2.75, 3.05) is 7.11 Å². The molecule has 0 N–H and O–H groups in total. The zero-order valence-corrected chi connectivity index (χ0v) is 18.6. The predicted molar refractivity (Wildman–Crippen MR) is 126 cm³/mol. The molecule has 2 aromatic heterocycles. The van der Waals surface area contributed by atoms with E-state index in [1.807, 2.05) is 60.3 Å². The lowest BCUT2D eigenvalue weighted by molar-refractivity contribution is -0.141. The largest absolute Gasteiger partial charge is 0.468 e. The van der Waals surface area contributed by atoms with Crippen molar-refractivity contribution in [1.29, 1.82) is 0 Å². The molecule has 7 nitrogen and oxygen atoms in total. The lowest BCUT2D eigenvalue weighted by Gasteiger charge is -2.14. The highest BCUT2D eigenvalue weighted by Crippen LogP contribution is 2.25. The number of fused-ring (bicyclic) bond motifs is 2. The van der Waals surface area contributed by atoms with Gasteiger partial charge in [0.15, 0.2) is 0 Å². The Morgan fingerprint density at radius 3 is 2.53 bits per heavy atom. The van der Waals surface area contributed by atoms with Crippen molar-refractivity contribution < 1.29 is 9.53 Å². The summed E-state index contributed by atoms with van der Waals surface area (Å²) in [6, 6.07) is 13.4. The van der Waals surface area contributed by atoms with Crippen LogP contribution < -0.4 is 11.2 Å². The summed E-state index contributed by atoms with van der Waals surface area (Å²) in [7, 11) is 3.15. The molecule has 2 heterocycles. The first-order valence-electron chi connectivity index (χ1n) is 10.9. The first kappa shape index (κ1) is 21.6. The Hall–Kier alpha value is -3.61. The summed E-state index contributed by atoms with van der Waals surface area (Å²) >= 11 is 0. The maximum absolute atomic E-state index is 13.5. The molecule has 7 heteroatoms. The molecule has 4 rings (SSSR count). The summed E-state index contributed by atoms with van der Waals surface area (Å²) in [5.41, 5.74) is 2.14. The van der Waals surface area contributed by atoms with Crippen LogP contribution in [0, 0.1) is 0 Å². The fourth-order valence-corrected chi connectivity index (χ4v) is 4.20. The molecule has 0 atom stereocenters. The summed E-state index contributed by atoms with van der Waals surface area (Å²) in [6.07, 6.45) is 5.98. The topological polar surface area (TPSA) is 75.2 Å². The fraction of sp³-hybridized carbons (Fsp3) is 0.320. The van der Waals surface area contributed by atoms with Crippen LogP contribution in [0.5, 0.6) is 0 Å². The van der Waals surface area contributed by atoms with Crippen LogP contribution in [-0.4, -0.2) is 26.8 Å². The first-order chi connectivity index (χ1) is 15.5. The number of aromatic nitrogens is 3. The number of nitrogens with zero attached hydrogens (tertiary/aromatic N) is 3. The number of hydrogen-bond donors (Lipinski definition) is 0. The van der Waals surface area contributed by atoms with Crippen LogP contribution in [0.2, 0.25) is 0 Å². The number of benzene rings is 2. The third-order valence-corrected chi connectivity index (χ3v) is 5.90. The normalized spacial score (nSPS) is 11.3. The fourth-order valence-electron chi connectivity index (χ4n) is 4.20. The molecule has 0 unspecified atom stereocenters. The van der Waals surface area contributed by atoms with Gasteiger partial charge in [-0.3, -0.25) is 14.2 Å². The van der Waals surface area contributed by atoms with Crippen molar-refractivity contribution in [1.82, 2.24) is 13.7 Å². The Labute approximate surface area is 185 Å². The molecule has 0 radical (unpaired) electrons. The molecule has 0 fully saturated rings. The Kier molecular flexibility index (Phi) is 5.99. The molecular formula is C25H27N3O4. The third kappa shape index (κ3) is 3.75. The van der Waals surface area contributed by atoms with Crippen LogP contribution in [-0.2, 0) is 29.5 Å². The molecule has 0 aliphatic carbocycles. The minimum Gasteiger partial charge on any atom is -0.468 e. The number of methoxy groups -OCH3 is 1. The second-order valence-electron chi connectivity index (χ2n) is 8.04. The number of esters is 1. The number of unbranched alkanes of at least 4 members (excludes halogenated alkanes) is 2. The molecule has 32 heavy (non-hydrogen) atoms. The highest BCUT2D eigenvalue weighted by Gasteiger charge is 2.19. The number of para-hydroxylation sites is 1. The van der Waals surface area contributed by atoms with Crippen molar-refractivity contribution >= 4 is 27.8 Å². The van der Waals surface area contributed by atoms with E-state index in [2.05, 4.69) is 6.92 Å². The highest BCUT2D eigenvalue weighted by molar-refractivity contribution is 5.91. The first-order valence-corrected chi connectivity index (χ1v) is 10.9. The van der Waals surface area contributed by atoms with Gasteiger partial charge in [-0.05, 0) is 36.6 Å². The van der Waals surface area contributed by atoms with Crippen molar-refractivity contribution in [2.24, 2.45) is 7.05 Å². The van der Waals surface area contributed by atoms with E-state index < -0.39 is 23.8 Å². The quantitative estimate of drug-likeness (QED) is 0.330. The van der Waals surface area contributed by atoms with E-state index in [-0.39, 0.29) is 0 Å². The summed E-state index contributed by atoms with van der Waals surface area (Å²) in [5, 5.41) is 1.30. The number of ether oxygens (including phenoxy) is 1. The van der Waals surface area contributed by atoms with Crippen LogP contribution in [0.15, 0.2) is 58.3 Å². The molecule has 0 spiro atoms. The van der Waals surface area contributed by atoms with Gasteiger partial charge in [0.25, 0.3) is 5.56 Å². The van der Waals surface area contributed by atoms with E-state index >= 15 is 0 Å². The summed E-state index contributed by atoms with van der Waals surface area (Å²) in [4.78, 5) is 38.8. The molecule has 0 aliphatic heterocycles. The van der Waals surface area contributed by atoms with Crippen molar-refractivity contribution in [3.8, 4) is 5.69 Å². The summed E-state index contributed by atoms with van der Waals surface area (Å²) in [5.74, 6) is -0.646. The minimum atomic E-state index is -0.646. The van der Waals surface area contributed by atoms with Gasteiger partial charge in [-0.1, -0.05) is 44.0 Å². The summed E-state index contributed by atoms with van der Waals surface area (Å²) < 4.78 is 9.17. The molecular weight excluding hydrogens is 406 g/mol. The summed E-state index contributed by atoms with van der Waals surface area (Å²) in [6.45, 7) is 1.71. The van der Waals surface area contributed by atoms with E-state index in [4.69, 9.17) is 4.74 Å². The van der Waals surface area contributed by atoms with Gasteiger partial charge in [-0.25, -0.2) is 9.36 Å². The molecule has 0 amide bonds. The second-order valence-corrected chi connectivity index (χ2v) is 8.04. The standard InChI is InChI=1S/C25H27N3O4/c1-4-5-6-9-17-12-13-21-19(14-17)24(30)27(16-23(29)32-3)25(31)28(21)22-15-26(2)20-11-8-7-10-18(20)22/h7-8,10-15H,4-6,9,16H2,1-3H3. The zero-order valence-electron chi connectivity index (χ0n) is 18.6. The number of carbonyl (C=O) groups excluding carboxylic acids is 1. The minimum absolute atomic E-state index is 0.412. The number of hydrogen-bond acceptors (Lipinski definition) is 4. The zero-order chi connectivity index (χ0) is 22.8. The van der Waals surface area contributed by atoms with E-state index in [0.29, 0.717) is 16.6 Å². The molecule has 0 bridgehead atoms. The van der Waals surface area contributed by atoms with Gasteiger partial charge in [0.2, 0.25) is 0 Å². The van der Waals surface area contributed by atoms with Gasteiger partial charge < -0.3 is 9.30 Å². The molecule has 0 saturated carbocycles. The number of carbonyl (C=O) groups is 1. The molecule has 0 saturated heterocycles. The van der Waals surface area contributed by atoms with Crippen molar-refractivity contribution in [3.05, 3.63) is 75.1 Å². The lowest BCUT2D eigenvalue weighted by atomic mass is 10.0. The van der Waals surface area contributed by atoms with Gasteiger partial charge in [-0.15, -0.1) is 0 Å². The monoisotopic (exact) mass is 433 g/mol. The van der Waals surface area contributed by atoms with Crippen molar-refractivity contribution in [2.45, 2.75) is 39.2 Å². The maximum atomic E-state index is 13.5. The maximum Gasteiger partial charge on any atom is 0.336 e. The van der Waals surface area contributed by atoms with Gasteiger partial charge in [0.05, 0.1) is 23.7 Å². The molecule has 0 aliphatic rings. The lowest BCUT2D eigenvalue weighted by Crippen LogP contribution is -2.41. The van der Waals surface area contributed by atoms with Gasteiger partial charge in [0.1, 0.15) is 6.54 Å². The second kappa shape index (κ2) is 8.86. The van der Waals surface area contributed by atoms with Gasteiger partial charge in [-0.2, -0.15) is 0 Å². The average molecular weight is 434 g/mol. The average Bonchev–Trinajstić information content (AvgIpc) is 3.13. The van der Waals surface area contributed by atoms with E-state index in [1.165, 1.54) is 11.7 Å². The smallest absolute Gasteiger partial charge is 0.336 e. The Morgan fingerprint density at radius 2 is 1.78 bits per heavy atom. The number of aryl methyl sites for hydroxylation is 2. The van der Waals surface area contributed by atoms with Crippen LogP contribution in [0.1, 0.15) is 31.7 Å². The van der Waals surface area contributed by atoms with Gasteiger partial charge in [0, 0.05) is 24.1 Å². The molecule has 166 valence electrons. The van der Waals surface area contributed by atoms with Crippen LogP contribution in [0.25, 0.3) is 27.5 Å². The third-order valence-electron chi connectivity index (χ3n) is 5.90. The SMILES string of the molecule is CCCCCc1ccc2c(c1)c(=O)n(CC(=O)OC)c(=O)n2-c1cn(C)c2ccccc12. The van der Waals surface area contributed by atoms with E-state index in [1.54, 1.807) is 0 Å². The van der Waals surface area contributed by atoms with Crippen LogP contribution in [0.4, 0.5) is 0 Å². The van der Waals surface area contributed by atoms with Gasteiger partial charge >= 0.3 is 11.7 Å². The Balaban J connectivity index is 2.03. The number of rotatable bonds is 7. The van der Waals surface area contributed by atoms with Crippen LogP contribution in [0.3, 0.4) is 0 Å². The molecule has 4 aromatic rings. The molecule has 2 aromatic carbocycles.